The van der Waals surface area contributed by atoms with Crippen LogP contribution in [0.15, 0.2) is 28.8 Å². The van der Waals surface area contributed by atoms with E-state index in [-0.39, 0.29) is 6.04 Å². The van der Waals surface area contributed by atoms with Gasteiger partial charge < -0.3 is 10.3 Å². The van der Waals surface area contributed by atoms with E-state index in [1.54, 1.807) is 12.1 Å². The predicted octanol–water partition coefficient (Wildman–Crippen LogP) is 1.53. The van der Waals surface area contributed by atoms with Crippen molar-refractivity contribution in [3.05, 3.63) is 35.2 Å². The molecule has 3 rings (SSSR count). The molecule has 1 aromatic heterocycles. The van der Waals surface area contributed by atoms with Crippen LogP contribution in [0.2, 0.25) is 5.02 Å². The van der Waals surface area contributed by atoms with Crippen LogP contribution in [0.3, 0.4) is 0 Å². The Morgan fingerprint density at radius 1 is 1.33 bits per heavy atom. The fraction of sp³-hybridized carbons (Fsp3) is 0.333. The standard InChI is InChI=1S/C12H13ClN4O/c13-9-3-1-8(2-4-9)12-15-11(18-16-12)7-17-5-10(14)6-17/h1-4,10H,5-7,14H2. The quantitative estimate of drug-likeness (QED) is 0.911. The predicted molar refractivity (Wildman–Crippen MR) is 68.0 cm³/mol. The van der Waals surface area contributed by atoms with E-state index in [1.165, 1.54) is 0 Å². The Morgan fingerprint density at radius 2 is 2.06 bits per heavy atom. The van der Waals surface area contributed by atoms with E-state index in [4.69, 9.17) is 21.9 Å². The monoisotopic (exact) mass is 264 g/mol. The lowest BCUT2D eigenvalue weighted by molar-refractivity contribution is 0.125. The Labute approximate surface area is 110 Å². The molecule has 1 aliphatic heterocycles. The van der Waals surface area contributed by atoms with Crippen molar-refractivity contribution < 1.29 is 4.52 Å². The van der Waals surface area contributed by atoms with Crippen LogP contribution in [0.1, 0.15) is 5.89 Å². The summed E-state index contributed by atoms with van der Waals surface area (Å²) < 4.78 is 5.21. The molecule has 0 radical (unpaired) electrons. The number of aromatic nitrogens is 2. The summed E-state index contributed by atoms with van der Waals surface area (Å²) in [6.07, 6.45) is 0. The van der Waals surface area contributed by atoms with Crippen LogP contribution < -0.4 is 5.73 Å². The van der Waals surface area contributed by atoms with Crippen molar-refractivity contribution in [2.45, 2.75) is 12.6 Å². The first-order chi connectivity index (χ1) is 8.70. The second-order valence-corrected chi connectivity index (χ2v) is 4.91. The third-order valence-corrected chi connectivity index (χ3v) is 3.17. The van der Waals surface area contributed by atoms with Gasteiger partial charge in [-0.3, -0.25) is 4.90 Å². The van der Waals surface area contributed by atoms with E-state index >= 15 is 0 Å². The molecule has 94 valence electrons. The first-order valence-corrected chi connectivity index (χ1v) is 6.15. The molecule has 0 atom stereocenters. The maximum atomic E-state index is 5.83. The van der Waals surface area contributed by atoms with Gasteiger partial charge in [0.05, 0.1) is 6.54 Å². The van der Waals surface area contributed by atoms with Crippen molar-refractivity contribution in [2.75, 3.05) is 13.1 Å². The van der Waals surface area contributed by atoms with Gasteiger partial charge in [-0.1, -0.05) is 16.8 Å². The molecule has 0 saturated carbocycles. The van der Waals surface area contributed by atoms with E-state index in [0.717, 1.165) is 18.7 Å². The normalized spacial score (nSPS) is 16.8. The zero-order chi connectivity index (χ0) is 12.5. The van der Waals surface area contributed by atoms with Gasteiger partial charge in [0.15, 0.2) is 0 Å². The summed E-state index contributed by atoms with van der Waals surface area (Å²) in [5, 5.41) is 4.65. The van der Waals surface area contributed by atoms with E-state index in [1.807, 2.05) is 12.1 Å². The summed E-state index contributed by atoms with van der Waals surface area (Å²) in [4.78, 5) is 6.52. The first kappa shape index (κ1) is 11.6. The van der Waals surface area contributed by atoms with Crippen LogP contribution in [0.25, 0.3) is 11.4 Å². The highest BCUT2D eigenvalue weighted by Gasteiger charge is 2.24. The number of hydrogen-bond acceptors (Lipinski definition) is 5. The smallest absolute Gasteiger partial charge is 0.241 e. The van der Waals surface area contributed by atoms with Crippen molar-refractivity contribution >= 4 is 11.6 Å². The third kappa shape index (κ3) is 2.38. The van der Waals surface area contributed by atoms with Gasteiger partial charge in [-0.05, 0) is 24.3 Å². The lowest BCUT2D eigenvalue weighted by Crippen LogP contribution is -2.54. The van der Waals surface area contributed by atoms with E-state index in [9.17, 15) is 0 Å². The third-order valence-electron chi connectivity index (χ3n) is 2.91. The summed E-state index contributed by atoms with van der Waals surface area (Å²) in [6, 6.07) is 7.64. The number of rotatable bonds is 3. The molecule has 1 aliphatic rings. The lowest BCUT2D eigenvalue weighted by atomic mass is 10.1. The van der Waals surface area contributed by atoms with E-state index in [0.29, 0.717) is 23.3 Å². The number of likely N-dealkylation sites (tertiary alicyclic amines) is 1. The van der Waals surface area contributed by atoms with Crippen LogP contribution in [0.4, 0.5) is 0 Å². The van der Waals surface area contributed by atoms with Gasteiger partial charge in [-0.2, -0.15) is 4.98 Å². The fourth-order valence-electron chi connectivity index (χ4n) is 1.97. The molecule has 5 nitrogen and oxygen atoms in total. The molecule has 1 fully saturated rings. The fourth-order valence-corrected chi connectivity index (χ4v) is 2.09. The molecule has 1 aromatic carbocycles. The molecule has 6 heteroatoms. The Bertz CT molecular complexity index is 533. The van der Waals surface area contributed by atoms with Crippen LogP contribution in [-0.2, 0) is 6.54 Å². The van der Waals surface area contributed by atoms with Crippen molar-refractivity contribution in [3.63, 3.8) is 0 Å². The van der Waals surface area contributed by atoms with Gasteiger partial charge in [0.1, 0.15) is 0 Å². The lowest BCUT2D eigenvalue weighted by Gasteiger charge is -2.35. The van der Waals surface area contributed by atoms with Gasteiger partial charge in [0, 0.05) is 29.7 Å². The minimum absolute atomic E-state index is 0.281. The van der Waals surface area contributed by atoms with Crippen LogP contribution >= 0.6 is 11.6 Å². The summed E-state index contributed by atoms with van der Waals surface area (Å²) in [6.45, 7) is 2.44. The van der Waals surface area contributed by atoms with Crippen molar-refractivity contribution in [1.29, 1.82) is 0 Å². The van der Waals surface area contributed by atoms with Crippen molar-refractivity contribution in [1.82, 2.24) is 15.0 Å². The zero-order valence-electron chi connectivity index (χ0n) is 9.71. The summed E-state index contributed by atoms with van der Waals surface area (Å²) >= 11 is 5.83. The number of nitrogens with two attached hydrogens (primary N) is 1. The van der Waals surface area contributed by atoms with Gasteiger partial charge in [-0.25, -0.2) is 0 Å². The maximum absolute atomic E-state index is 5.83. The Hall–Kier alpha value is -1.43. The molecular weight excluding hydrogens is 252 g/mol. The number of hydrogen-bond donors (Lipinski definition) is 1. The average molecular weight is 265 g/mol. The SMILES string of the molecule is NC1CN(Cc2nc(-c3ccc(Cl)cc3)no2)C1. The molecule has 0 amide bonds. The highest BCUT2D eigenvalue weighted by Crippen LogP contribution is 2.19. The molecule has 1 saturated heterocycles. The molecule has 0 bridgehead atoms. The number of benzene rings is 1. The molecule has 0 unspecified atom stereocenters. The Balaban J connectivity index is 1.71. The van der Waals surface area contributed by atoms with Crippen LogP contribution in [0, 0.1) is 0 Å². The highest BCUT2D eigenvalue weighted by atomic mass is 35.5. The second-order valence-electron chi connectivity index (χ2n) is 4.47. The molecule has 0 aliphatic carbocycles. The van der Waals surface area contributed by atoms with Crippen LogP contribution in [0.5, 0.6) is 0 Å². The molecule has 2 N–H and O–H groups in total. The van der Waals surface area contributed by atoms with Crippen molar-refractivity contribution in [2.24, 2.45) is 5.73 Å². The zero-order valence-corrected chi connectivity index (χ0v) is 10.5. The summed E-state index contributed by atoms with van der Waals surface area (Å²) in [5.74, 6) is 1.21. The largest absolute Gasteiger partial charge is 0.338 e. The van der Waals surface area contributed by atoms with Gasteiger partial charge >= 0.3 is 0 Å². The van der Waals surface area contributed by atoms with Gasteiger partial charge in [-0.15, -0.1) is 0 Å². The molecule has 18 heavy (non-hydrogen) atoms. The van der Waals surface area contributed by atoms with Gasteiger partial charge in [0.2, 0.25) is 11.7 Å². The molecular formula is C12H13ClN4O. The molecule has 2 heterocycles. The topological polar surface area (TPSA) is 68.2 Å². The van der Waals surface area contributed by atoms with E-state index < -0.39 is 0 Å². The minimum Gasteiger partial charge on any atom is -0.338 e. The first-order valence-electron chi connectivity index (χ1n) is 5.77. The van der Waals surface area contributed by atoms with Crippen molar-refractivity contribution in [3.8, 4) is 11.4 Å². The Kier molecular flexibility index (Phi) is 3.03. The number of halogens is 1. The number of nitrogens with zero attached hydrogens (tertiary/aromatic N) is 3. The summed E-state index contributed by atoms with van der Waals surface area (Å²) in [7, 11) is 0. The molecule has 0 spiro atoms. The minimum atomic E-state index is 0.281. The summed E-state index contributed by atoms with van der Waals surface area (Å²) in [5.41, 5.74) is 6.61. The molecule has 2 aromatic rings. The van der Waals surface area contributed by atoms with Crippen LogP contribution in [-0.4, -0.2) is 34.2 Å². The maximum Gasteiger partial charge on any atom is 0.241 e. The van der Waals surface area contributed by atoms with E-state index in [2.05, 4.69) is 15.0 Å². The van der Waals surface area contributed by atoms with Gasteiger partial charge in [0.25, 0.3) is 0 Å². The highest BCUT2D eigenvalue weighted by molar-refractivity contribution is 6.30. The Morgan fingerprint density at radius 3 is 2.72 bits per heavy atom. The second kappa shape index (κ2) is 4.68. The average Bonchev–Trinajstić information content (AvgIpc) is 2.77.